The van der Waals surface area contributed by atoms with Gasteiger partial charge in [-0.25, -0.2) is 4.79 Å². The molecule has 4 nitrogen and oxygen atoms in total. The van der Waals surface area contributed by atoms with Crippen molar-refractivity contribution in [1.29, 1.82) is 0 Å². The summed E-state index contributed by atoms with van der Waals surface area (Å²) < 4.78 is 6.46. The average molecular weight is 391 g/mol. The SMILES string of the molecule is CC(NCC(NC(=O)OC(C)(C)C)C(C)C)c1sccc1Br. The van der Waals surface area contributed by atoms with Gasteiger partial charge in [0.25, 0.3) is 0 Å². The molecule has 126 valence electrons. The van der Waals surface area contributed by atoms with Crippen LogP contribution in [0.5, 0.6) is 0 Å². The van der Waals surface area contributed by atoms with Gasteiger partial charge in [0.05, 0.1) is 0 Å². The van der Waals surface area contributed by atoms with Crippen LogP contribution in [-0.4, -0.2) is 24.3 Å². The summed E-state index contributed by atoms with van der Waals surface area (Å²) in [6, 6.07) is 2.31. The van der Waals surface area contributed by atoms with Gasteiger partial charge in [-0.05, 0) is 61.0 Å². The van der Waals surface area contributed by atoms with Gasteiger partial charge in [0.2, 0.25) is 0 Å². The average Bonchev–Trinajstić information content (AvgIpc) is 2.77. The van der Waals surface area contributed by atoms with Crippen molar-refractivity contribution in [2.75, 3.05) is 6.54 Å². The lowest BCUT2D eigenvalue weighted by molar-refractivity contribution is 0.0489. The first-order chi connectivity index (χ1) is 10.1. The fraction of sp³-hybridized carbons (Fsp3) is 0.688. The Balaban J connectivity index is 2.54. The number of rotatable bonds is 6. The Morgan fingerprint density at radius 2 is 2.00 bits per heavy atom. The van der Waals surface area contributed by atoms with E-state index < -0.39 is 5.60 Å². The number of thiophene rings is 1. The summed E-state index contributed by atoms with van der Waals surface area (Å²) in [4.78, 5) is 13.2. The van der Waals surface area contributed by atoms with Crippen molar-refractivity contribution < 1.29 is 9.53 Å². The molecule has 0 aliphatic carbocycles. The Kier molecular flexibility index (Phi) is 7.35. The topological polar surface area (TPSA) is 50.4 Å². The highest BCUT2D eigenvalue weighted by molar-refractivity contribution is 9.10. The first-order valence-electron chi connectivity index (χ1n) is 7.56. The lowest BCUT2D eigenvalue weighted by Crippen LogP contribution is -2.47. The number of hydrogen-bond donors (Lipinski definition) is 2. The summed E-state index contributed by atoms with van der Waals surface area (Å²) >= 11 is 5.27. The number of nitrogens with one attached hydrogen (secondary N) is 2. The fourth-order valence-electron chi connectivity index (χ4n) is 1.92. The predicted octanol–water partition coefficient (Wildman–Crippen LogP) is 4.71. The molecule has 0 saturated carbocycles. The summed E-state index contributed by atoms with van der Waals surface area (Å²) in [6.07, 6.45) is -0.363. The van der Waals surface area contributed by atoms with Crippen molar-refractivity contribution in [3.8, 4) is 0 Å². The molecule has 2 atom stereocenters. The molecule has 0 spiro atoms. The molecular formula is C16H27BrN2O2S. The summed E-state index contributed by atoms with van der Waals surface area (Å²) in [5.74, 6) is 0.319. The molecule has 0 radical (unpaired) electrons. The zero-order valence-electron chi connectivity index (χ0n) is 14.2. The van der Waals surface area contributed by atoms with E-state index in [-0.39, 0.29) is 18.2 Å². The predicted molar refractivity (Wildman–Crippen MR) is 96.4 cm³/mol. The third kappa shape index (κ3) is 6.67. The van der Waals surface area contributed by atoms with Crippen LogP contribution in [0.4, 0.5) is 4.79 Å². The minimum Gasteiger partial charge on any atom is -0.444 e. The van der Waals surface area contributed by atoms with Crippen LogP contribution in [0, 0.1) is 5.92 Å². The van der Waals surface area contributed by atoms with E-state index in [2.05, 4.69) is 58.8 Å². The number of carbonyl (C=O) groups excluding carboxylic acids is 1. The standard InChI is InChI=1S/C16H27BrN2O2S/c1-10(2)13(19-15(20)21-16(4,5)6)9-18-11(3)14-12(17)7-8-22-14/h7-8,10-11,13,18H,9H2,1-6H3,(H,19,20). The highest BCUT2D eigenvalue weighted by Gasteiger charge is 2.22. The van der Waals surface area contributed by atoms with Gasteiger partial charge in [-0.2, -0.15) is 0 Å². The second-order valence-electron chi connectivity index (χ2n) is 6.76. The molecular weight excluding hydrogens is 364 g/mol. The summed E-state index contributed by atoms with van der Waals surface area (Å²) in [7, 11) is 0. The molecule has 0 fully saturated rings. The zero-order chi connectivity index (χ0) is 16.9. The zero-order valence-corrected chi connectivity index (χ0v) is 16.6. The van der Waals surface area contributed by atoms with E-state index in [1.807, 2.05) is 20.8 Å². The van der Waals surface area contributed by atoms with E-state index in [0.29, 0.717) is 12.5 Å². The Morgan fingerprint density at radius 1 is 1.36 bits per heavy atom. The number of halogens is 1. The number of amides is 1. The number of ether oxygens (including phenoxy) is 1. The minimum atomic E-state index is -0.478. The van der Waals surface area contributed by atoms with Gasteiger partial charge in [-0.1, -0.05) is 13.8 Å². The van der Waals surface area contributed by atoms with Gasteiger partial charge in [0.15, 0.2) is 0 Å². The van der Waals surface area contributed by atoms with Crippen molar-refractivity contribution in [2.24, 2.45) is 5.92 Å². The molecule has 1 rings (SSSR count). The van der Waals surface area contributed by atoms with Crippen LogP contribution in [0.2, 0.25) is 0 Å². The maximum absolute atomic E-state index is 11.9. The molecule has 0 aliphatic rings. The highest BCUT2D eigenvalue weighted by Crippen LogP contribution is 2.28. The van der Waals surface area contributed by atoms with E-state index >= 15 is 0 Å². The van der Waals surface area contributed by atoms with E-state index in [1.165, 1.54) is 4.88 Å². The van der Waals surface area contributed by atoms with Crippen LogP contribution in [0.25, 0.3) is 0 Å². The second kappa shape index (κ2) is 8.31. The number of hydrogen-bond acceptors (Lipinski definition) is 4. The van der Waals surface area contributed by atoms with E-state index in [1.54, 1.807) is 11.3 Å². The molecule has 0 saturated heterocycles. The van der Waals surface area contributed by atoms with Gasteiger partial charge in [-0.15, -0.1) is 11.3 Å². The molecule has 1 aromatic heterocycles. The summed E-state index contributed by atoms with van der Waals surface area (Å²) in [5, 5.41) is 8.51. The van der Waals surface area contributed by atoms with Crippen LogP contribution in [0.15, 0.2) is 15.9 Å². The van der Waals surface area contributed by atoms with Gasteiger partial charge >= 0.3 is 6.09 Å². The van der Waals surface area contributed by atoms with Crippen molar-refractivity contribution in [1.82, 2.24) is 10.6 Å². The smallest absolute Gasteiger partial charge is 0.407 e. The van der Waals surface area contributed by atoms with E-state index in [0.717, 1.165) is 4.47 Å². The Morgan fingerprint density at radius 3 is 2.45 bits per heavy atom. The third-order valence-corrected chi connectivity index (χ3v) is 5.24. The molecule has 2 N–H and O–H groups in total. The summed E-state index contributed by atoms with van der Waals surface area (Å²) in [6.45, 7) is 12.6. The van der Waals surface area contributed by atoms with Crippen molar-refractivity contribution in [3.05, 3.63) is 20.8 Å². The maximum Gasteiger partial charge on any atom is 0.407 e. The lowest BCUT2D eigenvalue weighted by atomic mass is 10.0. The Labute approximate surface area is 146 Å². The number of carbonyl (C=O) groups is 1. The van der Waals surface area contributed by atoms with Crippen LogP contribution in [0.1, 0.15) is 52.5 Å². The molecule has 1 aromatic rings. The van der Waals surface area contributed by atoms with Gasteiger partial charge in [-0.3, -0.25) is 0 Å². The Hall–Kier alpha value is -0.590. The number of alkyl carbamates (subject to hydrolysis) is 1. The van der Waals surface area contributed by atoms with Crippen molar-refractivity contribution in [3.63, 3.8) is 0 Å². The van der Waals surface area contributed by atoms with Gasteiger partial charge in [0.1, 0.15) is 5.60 Å². The monoisotopic (exact) mass is 390 g/mol. The van der Waals surface area contributed by atoms with Crippen LogP contribution in [0.3, 0.4) is 0 Å². The quantitative estimate of drug-likeness (QED) is 0.738. The van der Waals surface area contributed by atoms with Crippen molar-refractivity contribution >= 4 is 33.4 Å². The molecule has 1 amide bonds. The Bertz CT molecular complexity index is 483. The third-order valence-electron chi connectivity index (χ3n) is 3.19. The minimum absolute atomic E-state index is 0.0241. The molecule has 0 aromatic carbocycles. The van der Waals surface area contributed by atoms with Gasteiger partial charge in [0, 0.05) is 28.0 Å². The summed E-state index contributed by atoms with van der Waals surface area (Å²) in [5.41, 5.74) is -0.478. The molecule has 22 heavy (non-hydrogen) atoms. The first-order valence-corrected chi connectivity index (χ1v) is 9.23. The molecule has 2 unspecified atom stereocenters. The maximum atomic E-state index is 11.9. The van der Waals surface area contributed by atoms with Crippen LogP contribution in [-0.2, 0) is 4.74 Å². The molecule has 0 bridgehead atoms. The highest BCUT2D eigenvalue weighted by atomic mass is 79.9. The lowest BCUT2D eigenvalue weighted by Gasteiger charge is -2.27. The van der Waals surface area contributed by atoms with Crippen LogP contribution >= 0.6 is 27.3 Å². The largest absolute Gasteiger partial charge is 0.444 e. The van der Waals surface area contributed by atoms with E-state index in [9.17, 15) is 4.79 Å². The van der Waals surface area contributed by atoms with E-state index in [4.69, 9.17) is 4.74 Å². The van der Waals surface area contributed by atoms with Crippen molar-refractivity contribution in [2.45, 2.75) is 59.2 Å². The van der Waals surface area contributed by atoms with Gasteiger partial charge < -0.3 is 15.4 Å². The van der Waals surface area contributed by atoms with Crippen LogP contribution < -0.4 is 10.6 Å². The molecule has 1 heterocycles. The molecule has 6 heteroatoms. The first kappa shape index (κ1) is 19.5. The second-order valence-corrected chi connectivity index (χ2v) is 8.56. The molecule has 0 aliphatic heterocycles. The normalized spacial score (nSPS) is 14.7. The fourth-order valence-corrected chi connectivity index (χ4v) is 3.67.